The fraction of sp³-hybridized carbons (Fsp3) is 0. The lowest BCUT2D eigenvalue weighted by molar-refractivity contribution is 0.102. The Hall–Kier alpha value is -5.36. The zero-order chi connectivity index (χ0) is 24.2. The van der Waals surface area contributed by atoms with E-state index in [9.17, 15) is 15.2 Å². The highest BCUT2D eigenvalue weighted by Gasteiger charge is 2.19. The molecular formula is C26H17N7O2. The third-order valence-corrected chi connectivity index (χ3v) is 5.25. The summed E-state index contributed by atoms with van der Waals surface area (Å²) in [5.74, 6) is -0.225. The van der Waals surface area contributed by atoms with E-state index in [1.54, 1.807) is 66.9 Å². The lowest BCUT2D eigenvalue weighted by atomic mass is 10.0. The molecule has 5 rings (SSSR count). The zero-order valence-electron chi connectivity index (χ0n) is 18.2. The molecular weight excluding hydrogens is 442 g/mol. The summed E-state index contributed by atoms with van der Waals surface area (Å²) in [6.45, 7) is 0. The van der Waals surface area contributed by atoms with E-state index >= 15 is 0 Å². The van der Waals surface area contributed by atoms with Crippen LogP contribution in [-0.4, -0.2) is 25.8 Å². The van der Waals surface area contributed by atoms with Crippen molar-refractivity contribution in [2.24, 2.45) is 10.2 Å². The second-order valence-electron chi connectivity index (χ2n) is 7.46. The molecule has 0 aliphatic rings. The number of phenols is 1. The summed E-state index contributed by atoms with van der Waals surface area (Å²) in [5, 5.41) is 37.4. The molecule has 9 heteroatoms. The van der Waals surface area contributed by atoms with Gasteiger partial charge in [-0.1, -0.05) is 48.5 Å². The van der Waals surface area contributed by atoms with Gasteiger partial charge in [0.25, 0.3) is 5.91 Å². The molecule has 9 nitrogen and oxygen atoms in total. The first kappa shape index (κ1) is 21.5. The van der Waals surface area contributed by atoms with Crippen LogP contribution in [0.2, 0.25) is 0 Å². The average Bonchev–Trinajstić information content (AvgIpc) is 3.32. The van der Waals surface area contributed by atoms with Crippen LogP contribution in [0.5, 0.6) is 5.75 Å². The lowest BCUT2D eigenvalue weighted by Crippen LogP contribution is -2.12. The smallest absolute Gasteiger partial charge is 0.259 e. The minimum atomic E-state index is -0.493. The van der Waals surface area contributed by atoms with Crippen molar-refractivity contribution in [2.75, 3.05) is 5.32 Å². The Morgan fingerprint density at radius 1 is 1.00 bits per heavy atom. The average molecular weight is 459 g/mol. The fourth-order valence-electron chi connectivity index (χ4n) is 3.57. The van der Waals surface area contributed by atoms with Crippen molar-refractivity contribution in [1.82, 2.24) is 14.8 Å². The number of hydrogen-bond acceptors (Lipinski definition) is 7. The number of para-hydroxylation sites is 1. The number of amides is 1. The van der Waals surface area contributed by atoms with E-state index in [2.05, 4.69) is 25.6 Å². The predicted octanol–water partition coefficient (Wildman–Crippen LogP) is 5.67. The molecule has 1 amide bonds. The maximum atomic E-state index is 13.0. The summed E-state index contributed by atoms with van der Waals surface area (Å²) in [6, 6.07) is 25.0. The number of aromatic hydroxyl groups is 1. The Kier molecular flexibility index (Phi) is 5.68. The van der Waals surface area contributed by atoms with Gasteiger partial charge in [-0.3, -0.25) is 4.79 Å². The van der Waals surface area contributed by atoms with Crippen LogP contribution in [0, 0.1) is 11.3 Å². The Morgan fingerprint density at radius 2 is 1.77 bits per heavy atom. The monoisotopic (exact) mass is 459 g/mol. The highest BCUT2D eigenvalue weighted by Crippen LogP contribution is 2.40. The largest absolute Gasteiger partial charge is 0.505 e. The summed E-state index contributed by atoms with van der Waals surface area (Å²) >= 11 is 0. The van der Waals surface area contributed by atoms with Crippen LogP contribution in [0.1, 0.15) is 15.9 Å². The first-order valence-corrected chi connectivity index (χ1v) is 10.6. The summed E-state index contributed by atoms with van der Waals surface area (Å²) in [6.07, 6.45) is 2.96. The van der Waals surface area contributed by atoms with Crippen LogP contribution in [0.3, 0.4) is 0 Å². The fourth-order valence-corrected chi connectivity index (χ4v) is 3.57. The van der Waals surface area contributed by atoms with Gasteiger partial charge >= 0.3 is 0 Å². The number of anilines is 1. The number of aromatic nitrogens is 3. The van der Waals surface area contributed by atoms with E-state index in [1.165, 1.54) is 10.9 Å². The van der Waals surface area contributed by atoms with Crippen LogP contribution in [0.4, 0.5) is 17.2 Å². The predicted molar refractivity (Wildman–Crippen MR) is 130 cm³/mol. The van der Waals surface area contributed by atoms with Gasteiger partial charge in [0.1, 0.15) is 17.3 Å². The second-order valence-corrected chi connectivity index (χ2v) is 7.46. The SMILES string of the molecule is N#Cc1cnn(-c2ccccn2)c1N=Nc1c(O)c(C(=O)Nc2ccccc2)cc2ccccc12. The molecule has 0 fully saturated rings. The van der Waals surface area contributed by atoms with Gasteiger partial charge in [-0.25, -0.2) is 4.98 Å². The van der Waals surface area contributed by atoms with Crippen molar-refractivity contribution < 1.29 is 9.90 Å². The van der Waals surface area contributed by atoms with Crippen LogP contribution < -0.4 is 5.32 Å². The molecule has 35 heavy (non-hydrogen) atoms. The third-order valence-electron chi connectivity index (χ3n) is 5.25. The number of phenolic OH excluding ortho intramolecular Hbond substituents is 1. The maximum Gasteiger partial charge on any atom is 0.259 e. The van der Waals surface area contributed by atoms with Gasteiger partial charge in [0.2, 0.25) is 0 Å². The molecule has 0 saturated carbocycles. The Bertz CT molecular complexity index is 1600. The molecule has 2 aromatic heterocycles. The molecule has 0 spiro atoms. The van der Waals surface area contributed by atoms with Gasteiger partial charge in [0.15, 0.2) is 17.4 Å². The number of nitrogens with one attached hydrogen (secondary N) is 1. The molecule has 168 valence electrons. The number of nitrogens with zero attached hydrogens (tertiary/aromatic N) is 6. The first-order chi connectivity index (χ1) is 17.2. The number of azo groups is 1. The summed E-state index contributed by atoms with van der Waals surface area (Å²) < 4.78 is 1.38. The number of hydrogen-bond donors (Lipinski definition) is 2. The van der Waals surface area contributed by atoms with E-state index in [0.717, 1.165) is 0 Å². The van der Waals surface area contributed by atoms with E-state index in [4.69, 9.17) is 0 Å². The summed E-state index contributed by atoms with van der Waals surface area (Å²) in [7, 11) is 0. The standard InChI is InChI=1S/C26H17N7O2/c27-15-18-16-29-33(22-12-6-7-13-28-22)25(18)32-31-23-20-11-5-4-8-17(20)14-21(24(23)34)26(35)30-19-9-2-1-3-10-19/h1-14,16,34H,(H,30,35). The molecule has 0 unspecified atom stereocenters. The van der Waals surface area contributed by atoms with E-state index < -0.39 is 5.91 Å². The minimum absolute atomic E-state index is 0.0419. The Morgan fingerprint density at radius 3 is 2.54 bits per heavy atom. The molecule has 0 atom stereocenters. The van der Waals surface area contributed by atoms with Crippen LogP contribution in [-0.2, 0) is 0 Å². The quantitative estimate of drug-likeness (QED) is 0.327. The number of carbonyl (C=O) groups is 1. The molecule has 0 aliphatic heterocycles. The lowest BCUT2D eigenvalue weighted by Gasteiger charge is -2.11. The zero-order valence-corrected chi connectivity index (χ0v) is 18.2. The second kappa shape index (κ2) is 9.25. The van der Waals surface area contributed by atoms with Crippen LogP contribution in [0.15, 0.2) is 101 Å². The maximum absolute atomic E-state index is 13.0. The van der Waals surface area contributed by atoms with Crippen LogP contribution in [0.25, 0.3) is 16.6 Å². The van der Waals surface area contributed by atoms with E-state index in [-0.39, 0.29) is 28.4 Å². The molecule has 3 aromatic carbocycles. The Labute approximate surface area is 199 Å². The van der Waals surface area contributed by atoms with Gasteiger partial charge in [0.05, 0.1) is 11.8 Å². The van der Waals surface area contributed by atoms with Gasteiger partial charge in [-0.2, -0.15) is 15.0 Å². The normalized spacial score (nSPS) is 10.9. The van der Waals surface area contributed by atoms with Crippen molar-refractivity contribution in [3.8, 4) is 17.6 Å². The van der Waals surface area contributed by atoms with E-state index in [0.29, 0.717) is 22.3 Å². The van der Waals surface area contributed by atoms with Gasteiger partial charge < -0.3 is 10.4 Å². The molecule has 0 saturated heterocycles. The summed E-state index contributed by atoms with van der Waals surface area (Å²) in [5.41, 5.74) is 0.909. The molecule has 2 heterocycles. The summed E-state index contributed by atoms with van der Waals surface area (Å²) in [4.78, 5) is 17.2. The molecule has 0 radical (unpaired) electrons. The molecule has 0 aliphatic carbocycles. The minimum Gasteiger partial charge on any atom is -0.505 e. The highest BCUT2D eigenvalue weighted by molar-refractivity contribution is 6.11. The van der Waals surface area contributed by atoms with Crippen molar-refractivity contribution in [3.63, 3.8) is 0 Å². The number of fused-ring (bicyclic) bond motifs is 1. The number of carbonyl (C=O) groups excluding carboxylic acids is 1. The third kappa shape index (κ3) is 4.19. The van der Waals surface area contributed by atoms with E-state index in [1.807, 2.05) is 24.3 Å². The first-order valence-electron chi connectivity index (χ1n) is 10.6. The molecule has 0 bridgehead atoms. The van der Waals surface area contributed by atoms with Gasteiger partial charge in [-0.05, 0) is 35.7 Å². The van der Waals surface area contributed by atoms with Gasteiger partial charge in [-0.15, -0.1) is 10.2 Å². The highest BCUT2D eigenvalue weighted by atomic mass is 16.3. The van der Waals surface area contributed by atoms with Crippen molar-refractivity contribution in [3.05, 3.63) is 102 Å². The number of rotatable bonds is 5. The van der Waals surface area contributed by atoms with Crippen molar-refractivity contribution in [2.45, 2.75) is 0 Å². The number of benzene rings is 3. The Balaban J connectivity index is 1.61. The number of pyridine rings is 1. The molecule has 5 aromatic rings. The van der Waals surface area contributed by atoms with Crippen LogP contribution >= 0.6 is 0 Å². The van der Waals surface area contributed by atoms with Crippen molar-refractivity contribution in [1.29, 1.82) is 5.26 Å². The number of nitriles is 1. The van der Waals surface area contributed by atoms with Crippen molar-refractivity contribution >= 4 is 33.9 Å². The van der Waals surface area contributed by atoms with Gasteiger partial charge in [0, 0.05) is 17.3 Å². The topological polar surface area (TPSA) is 129 Å². The molecule has 2 N–H and O–H groups in total.